The number of aryl methyl sites for hydroxylation is 2. The Balaban J connectivity index is 0.00000210. The molecule has 3 aromatic rings. The molecule has 1 aliphatic heterocycles. The highest BCUT2D eigenvalue weighted by Gasteiger charge is 2.16. The first-order chi connectivity index (χ1) is 12.7. The number of aromatic nitrogens is 1. The van der Waals surface area contributed by atoms with Crippen LogP contribution in [-0.4, -0.2) is 24.7 Å². The van der Waals surface area contributed by atoms with Gasteiger partial charge in [-0.3, -0.25) is 0 Å². The van der Waals surface area contributed by atoms with Crippen LogP contribution in [0.5, 0.6) is 5.75 Å². The number of H-pyrrole nitrogens is 1. The van der Waals surface area contributed by atoms with Crippen LogP contribution >= 0.6 is 24.0 Å². The molecule has 3 nitrogen and oxygen atoms in total. The van der Waals surface area contributed by atoms with E-state index in [1.54, 1.807) is 0 Å². The van der Waals surface area contributed by atoms with Gasteiger partial charge in [-0.15, -0.1) is 12.4 Å². The van der Waals surface area contributed by atoms with Crippen molar-refractivity contribution in [3.63, 3.8) is 0 Å². The predicted molar refractivity (Wildman–Crippen MR) is 116 cm³/mol. The fraction of sp³-hybridized carbons (Fsp3) is 0.364. The van der Waals surface area contributed by atoms with E-state index in [4.69, 9.17) is 16.3 Å². The molecule has 0 radical (unpaired) electrons. The number of halogens is 2. The highest BCUT2D eigenvalue weighted by Crippen LogP contribution is 2.29. The summed E-state index contributed by atoms with van der Waals surface area (Å²) in [5.41, 5.74) is 6.76. The maximum absolute atomic E-state index is 6.22. The smallest absolute Gasteiger partial charge is 0.138 e. The van der Waals surface area contributed by atoms with E-state index in [-0.39, 0.29) is 12.4 Å². The molecule has 0 atom stereocenters. The van der Waals surface area contributed by atoms with Gasteiger partial charge in [0.15, 0.2) is 0 Å². The van der Waals surface area contributed by atoms with Crippen LogP contribution in [0.2, 0.25) is 5.02 Å². The fourth-order valence-electron chi connectivity index (χ4n) is 3.86. The van der Waals surface area contributed by atoms with Crippen molar-refractivity contribution in [1.29, 1.82) is 0 Å². The Labute approximate surface area is 171 Å². The molecule has 4 rings (SSSR count). The first-order valence-corrected chi connectivity index (χ1v) is 9.81. The molecule has 5 heteroatoms. The molecule has 1 aromatic heterocycles. The summed E-state index contributed by atoms with van der Waals surface area (Å²) < 4.78 is 5.92. The summed E-state index contributed by atoms with van der Waals surface area (Å²) in [6, 6.07) is 12.5. The van der Waals surface area contributed by atoms with E-state index in [0.717, 1.165) is 50.1 Å². The Hall–Kier alpha value is -1.68. The molecular formula is C22H26Cl2N2O. The lowest BCUT2D eigenvalue weighted by Crippen LogP contribution is -2.16. The largest absolute Gasteiger partial charge is 0.492 e. The van der Waals surface area contributed by atoms with E-state index in [1.165, 1.54) is 27.7 Å². The van der Waals surface area contributed by atoms with Gasteiger partial charge in [0.1, 0.15) is 5.75 Å². The number of nitrogens with one attached hydrogen (secondary N) is 2. The van der Waals surface area contributed by atoms with Gasteiger partial charge in [0.2, 0.25) is 0 Å². The van der Waals surface area contributed by atoms with Gasteiger partial charge >= 0.3 is 0 Å². The van der Waals surface area contributed by atoms with Crippen molar-refractivity contribution in [1.82, 2.24) is 10.3 Å². The summed E-state index contributed by atoms with van der Waals surface area (Å²) >= 11 is 6.22. The van der Waals surface area contributed by atoms with Gasteiger partial charge in [-0.05, 0) is 67.6 Å². The zero-order valence-electron chi connectivity index (χ0n) is 15.6. The number of rotatable bonds is 5. The van der Waals surface area contributed by atoms with E-state index in [1.807, 2.05) is 18.2 Å². The lowest BCUT2D eigenvalue weighted by atomic mass is 9.99. The van der Waals surface area contributed by atoms with Crippen molar-refractivity contribution in [3.05, 3.63) is 63.8 Å². The summed E-state index contributed by atoms with van der Waals surface area (Å²) in [6.45, 7) is 4.84. The van der Waals surface area contributed by atoms with Gasteiger partial charge in [-0.25, -0.2) is 0 Å². The molecule has 0 aliphatic carbocycles. The maximum Gasteiger partial charge on any atom is 0.138 e. The van der Waals surface area contributed by atoms with Gasteiger partial charge in [0.05, 0.1) is 11.6 Å². The number of hydrogen-bond acceptors (Lipinski definition) is 2. The van der Waals surface area contributed by atoms with Crippen LogP contribution in [-0.2, 0) is 19.3 Å². The monoisotopic (exact) mass is 404 g/mol. The van der Waals surface area contributed by atoms with Gasteiger partial charge in [0.25, 0.3) is 0 Å². The second-order valence-corrected chi connectivity index (χ2v) is 7.46. The Morgan fingerprint density at radius 2 is 1.96 bits per heavy atom. The SMILES string of the molecule is Cc1ccc(Cl)c(OCCCc2cccc3[nH]c4c(c23)CCNCC4)c1.Cl. The Morgan fingerprint density at radius 1 is 1.11 bits per heavy atom. The highest BCUT2D eigenvalue weighted by molar-refractivity contribution is 6.32. The summed E-state index contributed by atoms with van der Waals surface area (Å²) in [4.78, 5) is 3.64. The van der Waals surface area contributed by atoms with Crippen LogP contribution in [0.1, 0.15) is 28.8 Å². The summed E-state index contributed by atoms with van der Waals surface area (Å²) in [5.74, 6) is 0.784. The molecule has 2 aromatic carbocycles. The van der Waals surface area contributed by atoms with Crippen molar-refractivity contribution in [2.24, 2.45) is 0 Å². The van der Waals surface area contributed by atoms with E-state index in [9.17, 15) is 0 Å². The molecule has 144 valence electrons. The van der Waals surface area contributed by atoms with Gasteiger partial charge < -0.3 is 15.0 Å². The topological polar surface area (TPSA) is 37.0 Å². The molecule has 2 N–H and O–H groups in total. The van der Waals surface area contributed by atoms with Crippen LogP contribution in [0, 0.1) is 6.92 Å². The normalized spacial score (nSPS) is 13.7. The van der Waals surface area contributed by atoms with E-state index in [2.05, 4.69) is 35.4 Å². The fourth-order valence-corrected chi connectivity index (χ4v) is 4.04. The zero-order valence-corrected chi connectivity index (χ0v) is 17.2. The number of fused-ring (bicyclic) bond motifs is 3. The molecule has 0 unspecified atom stereocenters. The molecule has 0 bridgehead atoms. The van der Waals surface area contributed by atoms with Crippen LogP contribution < -0.4 is 10.1 Å². The lowest BCUT2D eigenvalue weighted by molar-refractivity contribution is 0.311. The average Bonchev–Trinajstić information content (AvgIpc) is 2.84. The van der Waals surface area contributed by atoms with Crippen molar-refractivity contribution < 1.29 is 4.74 Å². The molecule has 27 heavy (non-hydrogen) atoms. The molecule has 1 aliphatic rings. The first-order valence-electron chi connectivity index (χ1n) is 9.43. The van der Waals surface area contributed by atoms with Gasteiger partial charge in [-0.2, -0.15) is 0 Å². The second kappa shape index (κ2) is 9.01. The Morgan fingerprint density at radius 3 is 2.85 bits per heavy atom. The Kier molecular flexibility index (Phi) is 6.69. The van der Waals surface area contributed by atoms with Crippen LogP contribution in [0.4, 0.5) is 0 Å². The predicted octanol–water partition coefficient (Wildman–Crippen LogP) is 5.25. The maximum atomic E-state index is 6.22. The highest BCUT2D eigenvalue weighted by atomic mass is 35.5. The molecule has 2 heterocycles. The Bertz CT molecular complexity index is 920. The second-order valence-electron chi connectivity index (χ2n) is 7.06. The zero-order chi connectivity index (χ0) is 17.9. The lowest BCUT2D eigenvalue weighted by Gasteiger charge is -2.10. The molecular weight excluding hydrogens is 379 g/mol. The van der Waals surface area contributed by atoms with Crippen molar-refractivity contribution in [2.75, 3.05) is 19.7 Å². The van der Waals surface area contributed by atoms with Gasteiger partial charge in [-0.1, -0.05) is 29.8 Å². The van der Waals surface area contributed by atoms with Gasteiger partial charge in [0, 0.05) is 29.6 Å². The minimum atomic E-state index is 0. The van der Waals surface area contributed by atoms with Crippen molar-refractivity contribution in [3.8, 4) is 5.75 Å². The minimum Gasteiger partial charge on any atom is -0.492 e. The quantitative estimate of drug-likeness (QED) is 0.569. The van der Waals surface area contributed by atoms with Crippen LogP contribution in [0.25, 0.3) is 10.9 Å². The third kappa shape index (κ3) is 4.43. The molecule has 0 amide bonds. The standard InChI is InChI=1S/C22H25ClN2O.ClH/c1-15-7-8-18(23)21(14-15)26-13-3-5-16-4-2-6-20-22(16)17-9-11-24-12-10-19(17)25-20;/h2,4,6-8,14,24-25H,3,5,9-13H2,1H3;1H. The van der Waals surface area contributed by atoms with E-state index >= 15 is 0 Å². The first kappa shape index (κ1) is 20.1. The number of ether oxygens (including phenoxy) is 1. The number of aromatic amines is 1. The number of hydrogen-bond donors (Lipinski definition) is 2. The van der Waals surface area contributed by atoms with E-state index < -0.39 is 0 Å². The molecule has 0 fully saturated rings. The van der Waals surface area contributed by atoms with Crippen molar-refractivity contribution >= 4 is 34.9 Å². The van der Waals surface area contributed by atoms with Crippen LogP contribution in [0.15, 0.2) is 36.4 Å². The summed E-state index contributed by atoms with van der Waals surface area (Å²) in [7, 11) is 0. The minimum absolute atomic E-state index is 0. The summed E-state index contributed by atoms with van der Waals surface area (Å²) in [6.07, 6.45) is 4.17. The third-order valence-electron chi connectivity index (χ3n) is 5.14. The molecule has 0 saturated heterocycles. The third-order valence-corrected chi connectivity index (χ3v) is 5.45. The van der Waals surface area contributed by atoms with Crippen molar-refractivity contribution in [2.45, 2.75) is 32.6 Å². The van der Waals surface area contributed by atoms with E-state index in [0.29, 0.717) is 11.6 Å². The average molecular weight is 405 g/mol. The summed E-state index contributed by atoms with van der Waals surface area (Å²) in [5, 5.41) is 5.60. The van der Waals surface area contributed by atoms with Crippen LogP contribution in [0.3, 0.4) is 0 Å². The molecule has 0 saturated carbocycles. The molecule has 0 spiro atoms. The number of benzene rings is 2.